The summed E-state index contributed by atoms with van der Waals surface area (Å²) < 4.78 is 5.27. The van der Waals surface area contributed by atoms with E-state index in [9.17, 15) is 0 Å². The van der Waals surface area contributed by atoms with Crippen LogP contribution >= 0.6 is 0 Å². The van der Waals surface area contributed by atoms with Crippen LogP contribution in [0.5, 0.6) is 5.75 Å². The van der Waals surface area contributed by atoms with Crippen molar-refractivity contribution in [3.8, 4) is 16.9 Å². The van der Waals surface area contributed by atoms with Crippen LogP contribution in [0.3, 0.4) is 0 Å². The van der Waals surface area contributed by atoms with Crippen molar-refractivity contribution >= 4 is 0 Å². The summed E-state index contributed by atoms with van der Waals surface area (Å²) in [6, 6.07) is 17.8. The second-order valence-electron chi connectivity index (χ2n) is 9.21. The lowest BCUT2D eigenvalue weighted by molar-refractivity contribution is 0.115. The first-order valence-electron chi connectivity index (χ1n) is 11.6. The van der Waals surface area contributed by atoms with Gasteiger partial charge in [0.1, 0.15) is 5.75 Å². The quantitative estimate of drug-likeness (QED) is 0.455. The minimum Gasteiger partial charge on any atom is -0.497 e. The molecule has 4 unspecified atom stereocenters. The van der Waals surface area contributed by atoms with Crippen LogP contribution in [0.15, 0.2) is 60.7 Å². The molecule has 4 atom stereocenters. The van der Waals surface area contributed by atoms with Gasteiger partial charge in [-0.3, -0.25) is 0 Å². The number of allylic oxidation sites excluding steroid dienone is 2. The lowest BCUT2D eigenvalue weighted by Gasteiger charge is -2.42. The topological polar surface area (TPSA) is 9.23 Å². The van der Waals surface area contributed by atoms with E-state index in [1.807, 2.05) is 12.1 Å². The molecule has 0 spiro atoms. The molecular formula is C28H36O. The van der Waals surface area contributed by atoms with Crippen molar-refractivity contribution in [3.05, 3.63) is 66.2 Å². The molecule has 0 aliphatic heterocycles. The number of fused-ring (bicyclic) bond motifs is 1. The van der Waals surface area contributed by atoms with Gasteiger partial charge in [-0.1, -0.05) is 55.0 Å². The van der Waals surface area contributed by atoms with E-state index < -0.39 is 0 Å². The van der Waals surface area contributed by atoms with Crippen LogP contribution in [0.25, 0.3) is 11.1 Å². The maximum absolute atomic E-state index is 5.27. The normalized spacial score (nSPS) is 27.0. The zero-order chi connectivity index (χ0) is 20.1. The molecule has 0 heterocycles. The molecule has 0 amide bonds. The van der Waals surface area contributed by atoms with Crippen LogP contribution < -0.4 is 4.74 Å². The van der Waals surface area contributed by atoms with Crippen molar-refractivity contribution in [1.29, 1.82) is 0 Å². The predicted octanol–water partition coefficient (Wildman–Crippen LogP) is 8.02. The average molecular weight is 389 g/mol. The maximum Gasteiger partial charge on any atom is 0.118 e. The van der Waals surface area contributed by atoms with Gasteiger partial charge in [-0.15, -0.1) is 0 Å². The minimum atomic E-state index is 0.765. The molecule has 29 heavy (non-hydrogen) atoms. The number of hydrogen-bond acceptors (Lipinski definition) is 1. The van der Waals surface area contributed by atoms with E-state index in [1.165, 1.54) is 62.5 Å². The molecule has 2 saturated carbocycles. The first-order valence-corrected chi connectivity index (χ1v) is 11.6. The van der Waals surface area contributed by atoms with Gasteiger partial charge in [-0.25, -0.2) is 0 Å². The Morgan fingerprint density at radius 2 is 1.48 bits per heavy atom. The van der Waals surface area contributed by atoms with Gasteiger partial charge >= 0.3 is 0 Å². The lowest BCUT2D eigenvalue weighted by atomic mass is 9.63. The third kappa shape index (κ3) is 4.94. The molecule has 2 aliphatic rings. The molecule has 1 heteroatoms. The smallest absolute Gasteiger partial charge is 0.118 e. The van der Waals surface area contributed by atoms with Gasteiger partial charge in [0, 0.05) is 0 Å². The van der Waals surface area contributed by atoms with E-state index in [-0.39, 0.29) is 0 Å². The highest BCUT2D eigenvalue weighted by Gasteiger charge is 2.35. The van der Waals surface area contributed by atoms with E-state index in [1.54, 1.807) is 12.7 Å². The fourth-order valence-electron chi connectivity index (χ4n) is 5.78. The van der Waals surface area contributed by atoms with Gasteiger partial charge in [0.25, 0.3) is 0 Å². The predicted molar refractivity (Wildman–Crippen MR) is 123 cm³/mol. The largest absolute Gasteiger partial charge is 0.497 e. The van der Waals surface area contributed by atoms with Crippen molar-refractivity contribution in [1.82, 2.24) is 0 Å². The molecule has 154 valence electrons. The summed E-state index contributed by atoms with van der Waals surface area (Å²) in [6.45, 7) is 2.14. The van der Waals surface area contributed by atoms with Crippen molar-refractivity contribution in [2.24, 2.45) is 17.8 Å². The molecule has 0 radical (unpaired) electrons. The number of ether oxygens (including phenoxy) is 1. The number of benzene rings is 2. The summed E-state index contributed by atoms with van der Waals surface area (Å²) in [7, 11) is 1.72. The summed E-state index contributed by atoms with van der Waals surface area (Å²) in [6.07, 6.45) is 15.9. The van der Waals surface area contributed by atoms with E-state index in [2.05, 4.69) is 55.5 Å². The summed E-state index contributed by atoms with van der Waals surface area (Å²) >= 11 is 0. The van der Waals surface area contributed by atoms with Gasteiger partial charge in [-0.2, -0.15) is 0 Å². The molecule has 2 fully saturated rings. The molecule has 0 N–H and O–H groups in total. The Bertz CT molecular complexity index is 786. The van der Waals surface area contributed by atoms with Crippen LogP contribution in [0.4, 0.5) is 0 Å². The number of rotatable bonds is 6. The second kappa shape index (κ2) is 9.65. The number of methoxy groups -OCH3 is 1. The van der Waals surface area contributed by atoms with Crippen LogP contribution in [-0.2, 0) is 0 Å². The molecular weight excluding hydrogens is 352 g/mol. The first kappa shape index (κ1) is 20.3. The maximum atomic E-state index is 5.27. The van der Waals surface area contributed by atoms with Gasteiger partial charge in [-0.05, 0) is 104 Å². The van der Waals surface area contributed by atoms with E-state index in [4.69, 9.17) is 4.74 Å². The van der Waals surface area contributed by atoms with Gasteiger partial charge in [0.05, 0.1) is 7.11 Å². The molecule has 2 aromatic carbocycles. The van der Waals surface area contributed by atoms with Crippen molar-refractivity contribution < 1.29 is 4.74 Å². The fraction of sp³-hybridized carbons (Fsp3) is 0.500. The fourth-order valence-corrected chi connectivity index (χ4v) is 5.78. The standard InChI is InChI=1S/C28H36O/c1-3-4-5-6-21-7-8-27-20-26(14-13-25(27)19-21)24-11-9-22(10-12-24)23-15-17-28(29-2)18-16-23/h3-4,9-12,15-18,21,25-27H,5-8,13-14,19-20H2,1-2H3/b4-3+. The Balaban J connectivity index is 1.34. The zero-order valence-electron chi connectivity index (χ0n) is 18.1. The third-order valence-corrected chi connectivity index (χ3v) is 7.50. The molecule has 2 aliphatic carbocycles. The molecule has 1 nitrogen and oxygen atoms in total. The summed E-state index contributed by atoms with van der Waals surface area (Å²) in [4.78, 5) is 0. The molecule has 0 saturated heterocycles. The highest BCUT2D eigenvalue weighted by Crippen LogP contribution is 2.48. The van der Waals surface area contributed by atoms with Gasteiger partial charge in [0.2, 0.25) is 0 Å². The average Bonchev–Trinajstić information content (AvgIpc) is 2.79. The Morgan fingerprint density at radius 3 is 2.17 bits per heavy atom. The SMILES string of the molecule is C/C=C/CCC1CCC2CC(c3ccc(-c4ccc(OC)cc4)cc3)CCC2C1. The van der Waals surface area contributed by atoms with E-state index in [0.717, 1.165) is 29.4 Å². The summed E-state index contributed by atoms with van der Waals surface area (Å²) in [5, 5.41) is 0. The van der Waals surface area contributed by atoms with Crippen LogP contribution in [0.2, 0.25) is 0 Å². The van der Waals surface area contributed by atoms with Crippen LogP contribution in [0.1, 0.15) is 69.8 Å². The van der Waals surface area contributed by atoms with Crippen molar-refractivity contribution in [3.63, 3.8) is 0 Å². The Hall–Kier alpha value is -2.02. The molecule has 4 rings (SSSR count). The van der Waals surface area contributed by atoms with Crippen LogP contribution in [0, 0.1) is 17.8 Å². The van der Waals surface area contributed by atoms with Crippen molar-refractivity contribution in [2.75, 3.05) is 7.11 Å². The molecule has 2 aromatic rings. The highest BCUT2D eigenvalue weighted by molar-refractivity contribution is 5.64. The monoisotopic (exact) mass is 388 g/mol. The minimum absolute atomic E-state index is 0.765. The van der Waals surface area contributed by atoms with Crippen molar-refractivity contribution in [2.45, 2.75) is 64.2 Å². The Labute approximate surface area is 177 Å². The first-order chi connectivity index (χ1) is 14.3. The van der Waals surface area contributed by atoms with E-state index >= 15 is 0 Å². The third-order valence-electron chi connectivity index (χ3n) is 7.50. The van der Waals surface area contributed by atoms with E-state index in [0.29, 0.717) is 0 Å². The Kier molecular flexibility index (Phi) is 6.74. The highest BCUT2D eigenvalue weighted by atomic mass is 16.5. The summed E-state index contributed by atoms with van der Waals surface area (Å²) in [5.41, 5.74) is 4.11. The lowest BCUT2D eigenvalue weighted by Crippen LogP contribution is -2.30. The molecule has 0 aromatic heterocycles. The van der Waals surface area contributed by atoms with Crippen LogP contribution in [-0.4, -0.2) is 7.11 Å². The Morgan fingerprint density at radius 1 is 0.828 bits per heavy atom. The zero-order valence-corrected chi connectivity index (χ0v) is 18.1. The second-order valence-corrected chi connectivity index (χ2v) is 9.21. The number of hydrogen-bond donors (Lipinski definition) is 0. The molecule has 0 bridgehead atoms. The van der Waals surface area contributed by atoms with Gasteiger partial charge in [0.15, 0.2) is 0 Å². The summed E-state index contributed by atoms with van der Waals surface area (Å²) in [5.74, 6) is 4.62. The van der Waals surface area contributed by atoms with Gasteiger partial charge < -0.3 is 4.74 Å².